The lowest BCUT2D eigenvalue weighted by Gasteiger charge is -2.19. The summed E-state index contributed by atoms with van der Waals surface area (Å²) < 4.78 is 4.91. The summed E-state index contributed by atoms with van der Waals surface area (Å²) in [5, 5.41) is 26.2. The van der Waals surface area contributed by atoms with Gasteiger partial charge in [-0.15, -0.1) is 0 Å². The quantitative estimate of drug-likeness (QED) is 0.127. The smallest absolute Gasteiger partial charge is 0.146 e. The summed E-state index contributed by atoms with van der Waals surface area (Å²) in [5.74, 6) is 0. The molecule has 0 N–H and O–H groups in total. The van der Waals surface area contributed by atoms with Crippen LogP contribution in [0.5, 0.6) is 0 Å². The highest BCUT2D eigenvalue weighted by molar-refractivity contribution is 6.31. The highest BCUT2D eigenvalue weighted by Crippen LogP contribution is 2.49. The van der Waals surface area contributed by atoms with Crippen LogP contribution in [0.15, 0.2) is 328 Å². The van der Waals surface area contributed by atoms with Crippen molar-refractivity contribution in [3.8, 4) is 55.6 Å². The highest BCUT2D eigenvalue weighted by Gasteiger charge is 2.25. The summed E-state index contributed by atoms with van der Waals surface area (Å²) in [6.45, 7) is 0. The van der Waals surface area contributed by atoms with Gasteiger partial charge in [0, 0.05) is 43.1 Å². The van der Waals surface area contributed by atoms with Gasteiger partial charge in [-0.3, -0.25) is 8.80 Å². The normalized spacial score (nSPS) is 12.3. The van der Waals surface area contributed by atoms with Gasteiger partial charge in [0.2, 0.25) is 0 Å². The van der Waals surface area contributed by atoms with Crippen LogP contribution in [0.4, 0.5) is 0 Å². The van der Waals surface area contributed by atoms with Gasteiger partial charge in [-0.25, -0.2) is 9.97 Å². The zero-order chi connectivity index (χ0) is 63.8. The molecule has 22 rings (SSSR count). The van der Waals surface area contributed by atoms with Crippen LogP contribution in [0.1, 0.15) is 0 Å². The van der Waals surface area contributed by atoms with Crippen molar-refractivity contribution in [2.45, 2.75) is 0 Å². The number of imidazole rings is 2. The highest BCUT2D eigenvalue weighted by atomic mass is 15.0. The van der Waals surface area contributed by atoms with Gasteiger partial charge in [0.15, 0.2) is 0 Å². The molecular weight excluding hydrogens is 1190 g/mol. The Morgan fingerprint density at radius 3 is 1.21 bits per heavy atom. The van der Waals surface area contributed by atoms with E-state index in [9.17, 15) is 0 Å². The maximum atomic E-state index is 5.77. The first-order valence-electron chi connectivity index (χ1n) is 33.9. The zero-order valence-corrected chi connectivity index (χ0v) is 53.0. The summed E-state index contributed by atoms with van der Waals surface area (Å²) in [7, 11) is 0. The lowest BCUT2D eigenvalue weighted by molar-refractivity contribution is 1.32. The molecule has 0 aliphatic rings. The van der Waals surface area contributed by atoms with Crippen molar-refractivity contribution in [2.75, 3.05) is 0 Å². The molecule has 18 aromatic carbocycles. The van der Waals surface area contributed by atoms with E-state index >= 15 is 0 Å². The number of aromatic nitrogens is 4. The van der Waals surface area contributed by atoms with Crippen LogP contribution in [0.2, 0.25) is 0 Å². The fourth-order valence-corrected chi connectivity index (χ4v) is 17.2. The molecule has 0 bridgehead atoms. The summed E-state index contributed by atoms with van der Waals surface area (Å²) in [4.78, 5) is 11.5. The third-order valence-electron chi connectivity index (χ3n) is 21.5. The molecule has 0 atom stereocenters. The summed E-state index contributed by atoms with van der Waals surface area (Å²) in [5.41, 5.74) is 20.2. The molecule has 4 heterocycles. The largest absolute Gasteiger partial charge is 0.291 e. The van der Waals surface area contributed by atoms with Crippen molar-refractivity contribution in [1.29, 1.82) is 0 Å². The standard InChI is InChI=1S/C94H54N4/c1-2-19-55(20-3-1)60-43-47-85-82(51-60)80-54-63(42-46-78(80)94-95-89-74-31-14-8-25-67(74)68-26-9-16-33-76(68)91(89)97(85)94)66-35-18-36-79-88(66)72-30-13-15-32-75(72)90-92(79)98-84-48-44-62(52-81(84)69-27-10-17-34-77(69)93(98)96-90)61-41-45-73-83(53-61)87(65-40-38-57-22-5-7-24-59(57)50-65)71-29-12-11-28-70(71)86(73)64-39-37-56-21-4-6-23-58(56)49-64/h1-54H. The van der Waals surface area contributed by atoms with Crippen LogP contribution >= 0.6 is 0 Å². The summed E-state index contributed by atoms with van der Waals surface area (Å²) >= 11 is 0. The van der Waals surface area contributed by atoms with E-state index in [-0.39, 0.29) is 0 Å². The monoisotopic (exact) mass is 1240 g/mol. The van der Waals surface area contributed by atoms with Crippen molar-refractivity contribution in [3.05, 3.63) is 328 Å². The minimum atomic E-state index is 0.945. The minimum Gasteiger partial charge on any atom is -0.291 e. The van der Waals surface area contributed by atoms with Crippen molar-refractivity contribution >= 4 is 163 Å². The fourth-order valence-electron chi connectivity index (χ4n) is 17.2. The molecule has 0 aliphatic heterocycles. The van der Waals surface area contributed by atoms with Gasteiger partial charge in [0.05, 0.1) is 33.1 Å². The molecule has 0 fully saturated rings. The first-order chi connectivity index (χ1) is 48.6. The van der Waals surface area contributed by atoms with Crippen LogP contribution in [0.25, 0.3) is 219 Å². The summed E-state index contributed by atoms with van der Waals surface area (Å²) in [6.07, 6.45) is 0. The molecule has 0 radical (unpaired) electrons. The van der Waals surface area contributed by atoms with E-state index in [2.05, 4.69) is 336 Å². The Hall–Kier alpha value is -13.0. The number of fused-ring (bicyclic) bond motifs is 30. The molecule has 450 valence electrons. The summed E-state index contributed by atoms with van der Waals surface area (Å²) in [6, 6.07) is 122. The third-order valence-corrected chi connectivity index (χ3v) is 21.5. The van der Waals surface area contributed by atoms with Gasteiger partial charge in [-0.2, -0.15) is 0 Å². The molecule has 22 aromatic rings. The average Bonchev–Trinajstić information content (AvgIpc) is 1.50. The average molecular weight is 1240 g/mol. The maximum Gasteiger partial charge on any atom is 0.146 e. The molecule has 0 unspecified atom stereocenters. The first kappa shape index (κ1) is 53.4. The lowest BCUT2D eigenvalue weighted by Crippen LogP contribution is -1.95. The van der Waals surface area contributed by atoms with Gasteiger partial charge in [-0.05, 0) is 186 Å². The van der Waals surface area contributed by atoms with Crippen molar-refractivity contribution in [2.24, 2.45) is 0 Å². The Kier molecular flexibility index (Phi) is 11.0. The topological polar surface area (TPSA) is 34.6 Å². The number of rotatable bonds is 5. The Morgan fingerprint density at radius 1 is 0.194 bits per heavy atom. The molecule has 0 saturated carbocycles. The zero-order valence-electron chi connectivity index (χ0n) is 53.0. The first-order valence-corrected chi connectivity index (χ1v) is 33.9. The van der Waals surface area contributed by atoms with Crippen molar-refractivity contribution in [1.82, 2.24) is 18.8 Å². The van der Waals surface area contributed by atoms with Gasteiger partial charge in [0.1, 0.15) is 11.3 Å². The minimum absolute atomic E-state index is 0.945. The lowest BCUT2D eigenvalue weighted by atomic mass is 9.84. The van der Waals surface area contributed by atoms with Crippen molar-refractivity contribution < 1.29 is 0 Å². The fraction of sp³-hybridized carbons (Fsp3) is 0. The van der Waals surface area contributed by atoms with E-state index in [0.717, 1.165) is 93.4 Å². The van der Waals surface area contributed by atoms with E-state index in [1.54, 1.807) is 0 Å². The Balaban J connectivity index is 0.783. The molecule has 4 nitrogen and oxygen atoms in total. The third kappa shape index (κ3) is 7.54. The van der Waals surface area contributed by atoms with Crippen LogP contribution in [-0.2, 0) is 0 Å². The van der Waals surface area contributed by atoms with Gasteiger partial charge >= 0.3 is 0 Å². The number of benzene rings is 18. The number of pyridine rings is 2. The van der Waals surface area contributed by atoms with Gasteiger partial charge in [0.25, 0.3) is 0 Å². The van der Waals surface area contributed by atoms with Gasteiger partial charge < -0.3 is 0 Å². The molecular formula is C94H54N4. The number of nitrogens with zero attached hydrogens (tertiary/aromatic N) is 4. The molecule has 4 heteroatoms. The van der Waals surface area contributed by atoms with E-state index in [1.807, 2.05) is 0 Å². The predicted molar refractivity (Wildman–Crippen MR) is 416 cm³/mol. The van der Waals surface area contributed by atoms with E-state index in [1.165, 1.54) is 125 Å². The number of hydrogen-bond donors (Lipinski definition) is 0. The predicted octanol–water partition coefficient (Wildman–Crippen LogP) is 25.5. The Labute approximate surface area is 561 Å². The molecule has 98 heavy (non-hydrogen) atoms. The number of hydrogen-bond acceptors (Lipinski definition) is 2. The second kappa shape index (κ2) is 20.3. The Bertz CT molecular complexity index is 7300. The van der Waals surface area contributed by atoms with E-state index in [4.69, 9.17) is 9.97 Å². The van der Waals surface area contributed by atoms with Gasteiger partial charge in [-0.1, -0.05) is 273 Å². The molecule has 0 spiro atoms. The van der Waals surface area contributed by atoms with E-state index < -0.39 is 0 Å². The maximum absolute atomic E-state index is 5.77. The van der Waals surface area contributed by atoms with Crippen LogP contribution < -0.4 is 0 Å². The molecule has 0 saturated heterocycles. The van der Waals surface area contributed by atoms with Crippen LogP contribution in [0, 0.1) is 0 Å². The van der Waals surface area contributed by atoms with Crippen LogP contribution in [0.3, 0.4) is 0 Å². The van der Waals surface area contributed by atoms with Crippen molar-refractivity contribution in [3.63, 3.8) is 0 Å². The molecule has 4 aromatic heterocycles. The SMILES string of the molecule is c1ccc(-c2ccc3c(c2)c2cc(-c4cccc5c4c4ccccc4c4nc6c7ccccc7c7cc(-c8ccc9c(-c%10ccc%11ccccc%11c%10)c%10ccccc%10c(-c%10ccc%11ccccc%11c%10)c9c8)ccc7n6c54)ccc2c2nc4c5ccccc5c5ccccc5c4n32)cc1. The van der Waals surface area contributed by atoms with E-state index in [0.29, 0.717) is 0 Å². The second-order valence-electron chi connectivity index (χ2n) is 26.6. The second-order valence-corrected chi connectivity index (χ2v) is 26.6. The Morgan fingerprint density at radius 2 is 0.582 bits per heavy atom. The molecule has 0 aliphatic carbocycles. The molecule has 0 amide bonds. The van der Waals surface area contributed by atoms with Crippen LogP contribution in [-0.4, -0.2) is 18.8 Å².